The summed E-state index contributed by atoms with van der Waals surface area (Å²) in [4.78, 5) is 27.5. The molecule has 2 unspecified atom stereocenters. The number of aryl methyl sites for hydroxylation is 1. The van der Waals surface area contributed by atoms with Gasteiger partial charge in [0.15, 0.2) is 6.61 Å². The maximum Gasteiger partial charge on any atom is 0.261 e. The van der Waals surface area contributed by atoms with E-state index in [4.69, 9.17) is 14.2 Å². The van der Waals surface area contributed by atoms with E-state index in [1.165, 1.54) is 0 Å². The third-order valence-corrected chi connectivity index (χ3v) is 5.46. The Morgan fingerprint density at radius 2 is 1.59 bits per heavy atom. The lowest BCUT2D eigenvalue weighted by atomic mass is 10.1. The number of nitrogens with zero attached hydrogens (tertiary/aromatic N) is 1. The van der Waals surface area contributed by atoms with Gasteiger partial charge in [-0.25, -0.2) is 0 Å². The summed E-state index contributed by atoms with van der Waals surface area (Å²) in [7, 11) is 3.09. The van der Waals surface area contributed by atoms with Gasteiger partial charge in [0.25, 0.3) is 5.91 Å². The highest BCUT2D eigenvalue weighted by molar-refractivity contribution is 5.88. The number of benzene rings is 2. The van der Waals surface area contributed by atoms with Crippen molar-refractivity contribution in [1.82, 2.24) is 10.2 Å². The average Bonchev–Trinajstić information content (AvgIpc) is 2.81. The molecule has 0 saturated heterocycles. The fraction of sp³-hybridized carbons (Fsp3) is 0.440. The van der Waals surface area contributed by atoms with Crippen molar-refractivity contribution in [1.29, 1.82) is 0 Å². The molecule has 0 aliphatic heterocycles. The Hall–Kier alpha value is -3.22. The summed E-state index contributed by atoms with van der Waals surface area (Å²) in [6, 6.07) is 12.3. The van der Waals surface area contributed by atoms with Crippen LogP contribution in [0.15, 0.2) is 42.5 Å². The molecule has 0 aliphatic rings. The number of methoxy groups -OCH3 is 2. The lowest BCUT2D eigenvalue weighted by Crippen LogP contribution is -2.50. The molecule has 0 aromatic heterocycles. The second kappa shape index (κ2) is 12.0. The summed E-state index contributed by atoms with van der Waals surface area (Å²) in [5, 5.41) is 2.96. The van der Waals surface area contributed by atoms with Crippen LogP contribution in [-0.4, -0.2) is 49.6 Å². The van der Waals surface area contributed by atoms with Gasteiger partial charge < -0.3 is 24.4 Å². The summed E-state index contributed by atoms with van der Waals surface area (Å²) < 4.78 is 16.3. The van der Waals surface area contributed by atoms with Gasteiger partial charge in [-0.2, -0.15) is 0 Å². The highest BCUT2D eigenvalue weighted by atomic mass is 16.5. The number of amides is 2. The molecule has 0 fully saturated rings. The third kappa shape index (κ3) is 6.90. The molecule has 2 rings (SSSR count). The fourth-order valence-electron chi connectivity index (χ4n) is 3.11. The molecule has 2 aromatic carbocycles. The van der Waals surface area contributed by atoms with Crippen LogP contribution in [0.25, 0.3) is 0 Å². The van der Waals surface area contributed by atoms with Crippen LogP contribution in [0.3, 0.4) is 0 Å². The summed E-state index contributed by atoms with van der Waals surface area (Å²) in [6.07, 6.45) is 0.810. The van der Waals surface area contributed by atoms with Crippen LogP contribution in [-0.2, 0) is 16.1 Å². The van der Waals surface area contributed by atoms with Crippen LogP contribution in [0.1, 0.15) is 38.3 Å². The molecule has 2 amide bonds. The molecule has 0 saturated carbocycles. The van der Waals surface area contributed by atoms with Gasteiger partial charge in [0.1, 0.15) is 23.3 Å². The Kier molecular flexibility index (Phi) is 9.38. The summed E-state index contributed by atoms with van der Waals surface area (Å²) in [5.41, 5.74) is 2.03. The summed E-state index contributed by atoms with van der Waals surface area (Å²) >= 11 is 0. The first-order valence-corrected chi connectivity index (χ1v) is 10.8. The largest absolute Gasteiger partial charge is 0.496 e. The zero-order valence-electron chi connectivity index (χ0n) is 19.8. The number of ether oxygens (including phenoxy) is 3. The van der Waals surface area contributed by atoms with E-state index in [-0.39, 0.29) is 24.5 Å². The number of hydrogen-bond acceptors (Lipinski definition) is 5. The van der Waals surface area contributed by atoms with Gasteiger partial charge in [0, 0.05) is 30.8 Å². The summed E-state index contributed by atoms with van der Waals surface area (Å²) in [6.45, 7) is 7.76. The van der Waals surface area contributed by atoms with Gasteiger partial charge in [0.05, 0.1) is 14.2 Å². The van der Waals surface area contributed by atoms with E-state index in [1.807, 2.05) is 45.0 Å². The van der Waals surface area contributed by atoms with E-state index in [9.17, 15) is 9.59 Å². The second-order valence-electron chi connectivity index (χ2n) is 7.78. The molecular weight excluding hydrogens is 408 g/mol. The Balaban J connectivity index is 2.21. The maximum absolute atomic E-state index is 13.2. The standard InChI is InChI=1S/C25H34N2O5/c1-7-18(3)26-25(29)19(4)27(15-20-11-9-8-10-17(20)2)24(28)16-32-23-13-21(30-5)12-22(14-23)31-6/h8-14,18-19H,7,15-16H2,1-6H3,(H,26,29). The van der Waals surface area contributed by atoms with Crippen molar-refractivity contribution < 1.29 is 23.8 Å². The predicted octanol–water partition coefficient (Wildman–Crippen LogP) is 3.72. The fourth-order valence-corrected chi connectivity index (χ4v) is 3.11. The maximum atomic E-state index is 13.2. The smallest absolute Gasteiger partial charge is 0.261 e. The van der Waals surface area contributed by atoms with Crippen molar-refractivity contribution in [3.8, 4) is 17.2 Å². The molecule has 0 heterocycles. The van der Waals surface area contributed by atoms with Crippen molar-refractivity contribution in [2.45, 2.75) is 52.7 Å². The molecule has 0 bridgehead atoms. The van der Waals surface area contributed by atoms with Gasteiger partial charge in [-0.05, 0) is 38.3 Å². The summed E-state index contributed by atoms with van der Waals surface area (Å²) in [5.74, 6) is 1.09. The van der Waals surface area contributed by atoms with Crippen molar-refractivity contribution in [2.24, 2.45) is 0 Å². The van der Waals surface area contributed by atoms with E-state index in [0.29, 0.717) is 23.8 Å². The minimum atomic E-state index is -0.653. The van der Waals surface area contributed by atoms with Gasteiger partial charge >= 0.3 is 0 Å². The molecule has 1 N–H and O–H groups in total. The van der Waals surface area contributed by atoms with Crippen LogP contribution >= 0.6 is 0 Å². The van der Waals surface area contributed by atoms with E-state index in [0.717, 1.165) is 17.5 Å². The lowest BCUT2D eigenvalue weighted by molar-refractivity contribution is -0.142. The van der Waals surface area contributed by atoms with Gasteiger partial charge in [-0.1, -0.05) is 31.2 Å². The second-order valence-corrected chi connectivity index (χ2v) is 7.78. The highest BCUT2D eigenvalue weighted by Crippen LogP contribution is 2.27. The average molecular weight is 443 g/mol. The lowest BCUT2D eigenvalue weighted by Gasteiger charge is -2.30. The molecular formula is C25H34N2O5. The zero-order chi connectivity index (χ0) is 23.7. The molecule has 174 valence electrons. The van der Waals surface area contributed by atoms with Gasteiger partial charge in [-0.15, -0.1) is 0 Å². The quantitative estimate of drug-likeness (QED) is 0.574. The number of hydrogen-bond donors (Lipinski definition) is 1. The van der Waals surface area contributed by atoms with Gasteiger partial charge in [-0.3, -0.25) is 9.59 Å². The normalized spacial score (nSPS) is 12.4. The molecule has 7 nitrogen and oxygen atoms in total. The Labute approximate surface area is 190 Å². The molecule has 0 aliphatic carbocycles. The Morgan fingerprint density at radius 1 is 1.00 bits per heavy atom. The van der Waals surface area contributed by atoms with Crippen molar-refractivity contribution in [3.05, 3.63) is 53.6 Å². The van der Waals surface area contributed by atoms with Crippen LogP contribution in [0.4, 0.5) is 0 Å². The van der Waals surface area contributed by atoms with Crippen molar-refractivity contribution in [2.75, 3.05) is 20.8 Å². The minimum Gasteiger partial charge on any atom is -0.496 e. The molecule has 7 heteroatoms. The van der Waals surface area contributed by atoms with Crippen LogP contribution < -0.4 is 19.5 Å². The Morgan fingerprint density at radius 3 is 2.16 bits per heavy atom. The number of carbonyl (C=O) groups is 2. The third-order valence-electron chi connectivity index (χ3n) is 5.46. The Bertz CT molecular complexity index is 893. The van der Waals surface area contributed by atoms with E-state index in [1.54, 1.807) is 44.2 Å². The zero-order valence-corrected chi connectivity index (χ0v) is 19.8. The molecule has 0 spiro atoms. The van der Waals surface area contributed by atoms with E-state index >= 15 is 0 Å². The van der Waals surface area contributed by atoms with Crippen LogP contribution in [0, 0.1) is 6.92 Å². The van der Waals surface area contributed by atoms with Crippen molar-refractivity contribution >= 4 is 11.8 Å². The predicted molar refractivity (Wildman–Crippen MR) is 124 cm³/mol. The number of rotatable bonds is 11. The first-order chi connectivity index (χ1) is 15.3. The number of carbonyl (C=O) groups excluding carboxylic acids is 2. The molecule has 2 atom stereocenters. The van der Waals surface area contributed by atoms with E-state index in [2.05, 4.69) is 5.32 Å². The SMILES string of the molecule is CCC(C)NC(=O)C(C)N(Cc1ccccc1C)C(=O)COc1cc(OC)cc(OC)c1. The molecule has 0 radical (unpaired) electrons. The monoisotopic (exact) mass is 442 g/mol. The van der Waals surface area contributed by atoms with Crippen LogP contribution in [0.5, 0.6) is 17.2 Å². The minimum absolute atomic E-state index is 0.0286. The highest BCUT2D eigenvalue weighted by Gasteiger charge is 2.27. The first kappa shape index (κ1) is 25.0. The first-order valence-electron chi connectivity index (χ1n) is 10.8. The molecule has 32 heavy (non-hydrogen) atoms. The molecule has 2 aromatic rings. The van der Waals surface area contributed by atoms with Crippen LogP contribution in [0.2, 0.25) is 0 Å². The van der Waals surface area contributed by atoms with Crippen molar-refractivity contribution in [3.63, 3.8) is 0 Å². The van der Waals surface area contributed by atoms with Gasteiger partial charge in [0.2, 0.25) is 5.91 Å². The topological polar surface area (TPSA) is 77.1 Å². The number of nitrogens with one attached hydrogen (secondary N) is 1. The van der Waals surface area contributed by atoms with E-state index < -0.39 is 6.04 Å².